The van der Waals surface area contributed by atoms with Crippen LogP contribution in [0.25, 0.3) is 10.8 Å². The van der Waals surface area contributed by atoms with Crippen LogP contribution in [-0.4, -0.2) is 29.9 Å². The first kappa shape index (κ1) is 17.2. The maximum Gasteiger partial charge on any atom is 0.265 e. The molecule has 0 unspecified atom stereocenters. The molecule has 3 rings (SSSR count). The Kier molecular flexibility index (Phi) is 4.90. The predicted molar refractivity (Wildman–Crippen MR) is 98.1 cm³/mol. The highest BCUT2D eigenvalue weighted by molar-refractivity contribution is 7.17. The highest BCUT2D eigenvalue weighted by atomic mass is 32.1. The SMILES string of the molecule is COc1ccc(CN(C)C(=O)c2sc(-c3ccc(C)o3)nc2C)cc1. The summed E-state index contributed by atoms with van der Waals surface area (Å²) < 4.78 is 10.8. The van der Waals surface area contributed by atoms with Crippen molar-refractivity contribution in [2.24, 2.45) is 0 Å². The van der Waals surface area contributed by atoms with Crippen molar-refractivity contribution in [1.29, 1.82) is 0 Å². The van der Waals surface area contributed by atoms with E-state index in [-0.39, 0.29) is 5.91 Å². The maximum atomic E-state index is 12.8. The Hall–Kier alpha value is -2.60. The van der Waals surface area contributed by atoms with Gasteiger partial charge in [0.25, 0.3) is 5.91 Å². The molecule has 25 heavy (non-hydrogen) atoms. The molecule has 0 saturated carbocycles. The van der Waals surface area contributed by atoms with Crippen molar-refractivity contribution in [2.45, 2.75) is 20.4 Å². The van der Waals surface area contributed by atoms with Gasteiger partial charge in [0.05, 0.1) is 12.8 Å². The van der Waals surface area contributed by atoms with Gasteiger partial charge in [0.2, 0.25) is 0 Å². The zero-order chi connectivity index (χ0) is 18.0. The predicted octanol–water partition coefficient (Wildman–Crippen LogP) is 4.30. The number of benzene rings is 1. The van der Waals surface area contributed by atoms with Crippen LogP contribution in [0.5, 0.6) is 5.75 Å². The van der Waals surface area contributed by atoms with Gasteiger partial charge in [-0.3, -0.25) is 4.79 Å². The Labute approximate surface area is 150 Å². The standard InChI is InChI=1S/C19H20N2O3S/c1-12-5-10-16(24-12)18-20-13(2)17(25-18)19(22)21(3)11-14-6-8-15(23-4)9-7-14/h5-10H,11H2,1-4H3. The summed E-state index contributed by atoms with van der Waals surface area (Å²) in [5, 5.41) is 0.729. The van der Waals surface area contributed by atoms with Crippen molar-refractivity contribution in [3.63, 3.8) is 0 Å². The molecule has 0 bridgehead atoms. The van der Waals surface area contributed by atoms with Gasteiger partial charge in [-0.15, -0.1) is 11.3 Å². The van der Waals surface area contributed by atoms with E-state index in [1.807, 2.05) is 50.2 Å². The number of hydrogen-bond acceptors (Lipinski definition) is 5. The van der Waals surface area contributed by atoms with Gasteiger partial charge in [-0.25, -0.2) is 4.98 Å². The molecule has 0 spiro atoms. The monoisotopic (exact) mass is 356 g/mol. The fraction of sp³-hybridized carbons (Fsp3) is 0.263. The van der Waals surface area contributed by atoms with E-state index in [0.29, 0.717) is 17.2 Å². The Bertz CT molecular complexity index is 880. The molecule has 0 atom stereocenters. The van der Waals surface area contributed by atoms with Gasteiger partial charge >= 0.3 is 0 Å². The van der Waals surface area contributed by atoms with Gasteiger partial charge in [-0.05, 0) is 43.7 Å². The molecule has 6 heteroatoms. The molecule has 0 saturated heterocycles. The van der Waals surface area contributed by atoms with Gasteiger partial charge in [-0.1, -0.05) is 12.1 Å². The summed E-state index contributed by atoms with van der Waals surface area (Å²) in [7, 11) is 3.43. The Morgan fingerprint density at radius 3 is 2.52 bits per heavy atom. The van der Waals surface area contributed by atoms with E-state index in [1.165, 1.54) is 11.3 Å². The molecule has 2 aromatic heterocycles. The number of carbonyl (C=O) groups is 1. The van der Waals surface area contributed by atoms with Crippen molar-refractivity contribution in [3.8, 4) is 16.5 Å². The van der Waals surface area contributed by atoms with Crippen molar-refractivity contribution in [3.05, 3.63) is 58.3 Å². The van der Waals surface area contributed by atoms with Crippen molar-refractivity contribution in [1.82, 2.24) is 9.88 Å². The van der Waals surface area contributed by atoms with Crippen LogP contribution in [0.4, 0.5) is 0 Å². The lowest BCUT2D eigenvalue weighted by molar-refractivity contribution is 0.0789. The van der Waals surface area contributed by atoms with Crippen molar-refractivity contribution >= 4 is 17.2 Å². The number of amides is 1. The summed E-state index contributed by atoms with van der Waals surface area (Å²) in [5.41, 5.74) is 1.77. The second-order valence-corrected chi connectivity index (χ2v) is 6.85. The summed E-state index contributed by atoms with van der Waals surface area (Å²) in [6.07, 6.45) is 0. The van der Waals surface area contributed by atoms with Crippen LogP contribution >= 0.6 is 11.3 Å². The summed E-state index contributed by atoms with van der Waals surface area (Å²) in [6.45, 7) is 4.26. The molecule has 2 heterocycles. The fourth-order valence-electron chi connectivity index (χ4n) is 2.50. The summed E-state index contributed by atoms with van der Waals surface area (Å²) in [5.74, 6) is 2.28. The molecule has 0 aliphatic rings. The lowest BCUT2D eigenvalue weighted by atomic mass is 10.2. The molecule has 0 radical (unpaired) electrons. The minimum atomic E-state index is -0.0413. The van der Waals surface area contributed by atoms with Crippen LogP contribution in [0.1, 0.15) is 26.7 Å². The van der Waals surface area contributed by atoms with E-state index in [9.17, 15) is 4.79 Å². The minimum Gasteiger partial charge on any atom is -0.497 e. The van der Waals surface area contributed by atoms with Crippen LogP contribution in [0, 0.1) is 13.8 Å². The van der Waals surface area contributed by atoms with Gasteiger partial charge in [-0.2, -0.15) is 0 Å². The second kappa shape index (κ2) is 7.11. The third-order valence-corrected chi connectivity index (χ3v) is 5.03. The first-order chi connectivity index (χ1) is 12.0. The lowest BCUT2D eigenvalue weighted by Crippen LogP contribution is -2.26. The molecular weight excluding hydrogens is 336 g/mol. The van der Waals surface area contributed by atoms with Crippen molar-refractivity contribution < 1.29 is 13.9 Å². The smallest absolute Gasteiger partial charge is 0.265 e. The number of ether oxygens (including phenoxy) is 1. The third-order valence-electron chi connectivity index (χ3n) is 3.87. The van der Waals surface area contributed by atoms with E-state index in [1.54, 1.807) is 19.1 Å². The maximum absolute atomic E-state index is 12.8. The van der Waals surface area contributed by atoms with Crippen LogP contribution in [0.15, 0.2) is 40.8 Å². The van der Waals surface area contributed by atoms with E-state index in [2.05, 4.69) is 4.98 Å². The van der Waals surface area contributed by atoms with E-state index >= 15 is 0 Å². The molecule has 0 aliphatic heterocycles. The molecule has 0 fully saturated rings. The molecule has 0 N–H and O–H groups in total. The van der Waals surface area contributed by atoms with Crippen LogP contribution in [0.3, 0.4) is 0 Å². The molecule has 5 nitrogen and oxygen atoms in total. The van der Waals surface area contributed by atoms with Crippen LogP contribution in [0.2, 0.25) is 0 Å². The average Bonchev–Trinajstić information content (AvgIpc) is 3.20. The van der Waals surface area contributed by atoms with Crippen molar-refractivity contribution in [2.75, 3.05) is 14.2 Å². The quantitative estimate of drug-likeness (QED) is 0.684. The molecule has 0 aliphatic carbocycles. The number of methoxy groups -OCH3 is 1. The highest BCUT2D eigenvalue weighted by Gasteiger charge is 2.21. The number of aromatic nitrogens is 1. The number of rotatable bonds is 5. The Morgan fingerprint density at radius 2 is 1.92 bits per heavy atom. The first-order valence-corrected chi connectivity index (χ1v) is 8.72. The molecule has 1 aromatic carbocycles. The van der Waals surface area contributed by atoms with Gasteiger partial charge in [0.15, 0.2) is 10.8 Å². The normalized spacial score (nSPS) is 10.7. The highest BCUT2D eigenvalue weighted by Crippen LogP contribution is 2.30. The number of nitrogens with zero attached hydrogens (tertiary/aromatic N) is 2. The van der Waals surface area contributed by atoms with E-state index < -0.39 is 0 Å². The van der Waals surface area contributed by atoms with Gasteiger partial charge in [0.1, 0.15) is 16.4 Å². The molecule has 130 valence electrons. The average molecular weight is 356 g/mol. The largest absolute Gasteiger partial charge is 0.497 e. The first-order valence-electron chi connectivity index (χ1n) is 7.90. The van der Waals surface area contributed by atoms with E-state index in [0.717, 1.165) is 27.8 Å². The lowest BCUT2D eigenvalue weighted by Gasteiger charge is -2.16. The molecule has 1 amide bonds. The van der Waals surface area contributed by atoms with Gasteiger partial charge in [0, 0.05) is 13.6 Å². The summed E-state index contributed by atoms with van der Waals surface area (Å²) in [4.78, 5) is 19.6. The second-order valence-electron chi connectivity index (χ2n) is 5.85. The van der Waals surface area contributed by atoms with Crippen LogP contribution < -0.4 is 4.74 Å². The number of hydrogen-bond donors (Lipinski definition) is 0. The number of furan rings is 1. The Morgan fingerprint density at radius 1 is 1.20 bits per heavy atom. The number of carbonyl (C=O) groups excluding carboxylic acids is 1. The Balaban J connectivity index is 1.76. The molecule has 3 aromatic rings. The summed E-state index contributed by atoms with van der Waals surface area (Å²) in [6, 6.07) is 11.5. The topological polar surface area (TPSA) is 55.6 Å². The summed E-state index contributed by atoms with van der Waals surface area (Å²) >= 11 is 1.36. The van der Waals surface area contributed by atoms with E-state index in [4.69, 9.17) is 9.15 Å². The van der Waals surface area contributed by atoms with Gasteiger partial charge < -0.3 is 14.1 Å². The number of aryl methyl sites for hydroxylation is 2. The zero-order valence-corrected chi connectivity index (χ0v) is 15.5. The third kappa shape index (κ3) is 3.74. The zero-order valence-electron chi connectivity index (χ0n) is 14.7. The number of thiazole rings is 1. The van der Waals surface area contributed by atoms with Crippen LogP contribution in [-0.2, 0) is 6.54 Å². The minimum absolute atomic E-state index is 0.0413. The fourth-order valence-corrected chi connectivity index (χ4v) is 3.52. The molecular formula is C19H20N2O3S.